The molecule has 3 heteroatoms. The largest absolute Gasteiger partial charge is 0.311 e. The normalized spacial score (nSPS) is 11.5. The number of hydrogen-bond donors (Lipinski definition) is 0. The van der Waals surface area contributed by atoms with E-state index in [4.69, 9.17) is 0 Å². The minimum Gasteiger partial charge on any atom is -0.311 e. The van der Waals surface area contributed by atoms with E-state index in [1.54, 1.807) is 0 Å². The third-order valence-electron chi connectivity index (χ3n) is 12.5. The highest BCUT2D eigenvalue weighted by molar-refractivity contribution is 6.14. The third kappa shape index (κ3) is 6.38. The summed E-state index contributed by atoms with van der Waals surface area (Å²) in [4.78, 5) is 2.31. The lowest BCUT2D eigenvalue weighted by Gasteiger charge is -2.25. The molecule has 2 heterocycles. The first-order valence-electron chi connectivity index (χ1n) is 21.6. The van der Waals surface area contributed by atoms with E-state index in [2.05, 4.69) is 263 Å². The van der Waals surface area contributed by atoms with Crippen LogP contribution in [0, 0.1) is 0 Å². The van der Waals surface area contributed by atoms with Gasteiger partial charge in [-0.2, -0.15) is 0 Å². The molecule has 0 N–H and O–H groups in total. The summed E-state index contributed by atoms with van der Waals surface area (Å²) in [7, 11) is 0. The molecule has 12 aromatic rings. The van der Waals surface area contributed by atoms with Crippen molar-refractivity contribution in [2.45, 2.75) is 0 Å². The van der Waals surface area contributed by atoms with Crippen LogP contribution < -0.4 is 4.90 Å². The van der Waals surface area contributed by atoms with Gasteiger partial charge in [0, 0.05) is 50.0 Å². The van der Waals surface area contributed by atoms with Gasteiger partial charge in [-0.25, -0.2) is 0 Å². The van der Waals surface area contributed by atoms with E-state index in [0.29, 0.717) is 0 Å². The second kappa shape index (κ2) is 15.3. The van der Waals surface area contributed by atoms with Crippen molar-refractivity contribution in [1.82, 2.24) is 9.13 Å². The molecule has 0 aliphatic heterocycles. The number of rotatable bonds is 8. The van der Waals surface area contributed by atoms with E-state index >= 15 is 0 Å². The minimum absolute atomic E-state index is 1.10. The molecule has 0 amide bonds. The van der Waals surface area contributed by atoms with E-state index in [9.17, 15) is 0 Å². The lowest BCUT2D eigenvalue weighted by Crippen LogP contribution is -2.09. The van der Waals surface area contributed by atoms with E-state index in [1.807, 2.05) is 0 Å². The number of fused-ring (bicyclic) bond motifs is 6. The van der Waals surface area contributed by atoms with Crippen LogP contribution in [0.1, 0.15) is 0 Å². The van der Waals surface area contributed by atoms with Crippen LogP contribution in [-0.2, 0) is 0 Å². The highest BCUT2D eigenvalue weighted by atomic mass is 15.1. The molecular weight excluding hydrogens is 763 g/mol. The van der Waals surface area contributed by atoms with Crippen molar-refractivity contribution in [2.24, 2.45) is 0 Å². The summed E-state index contributed by atoms with van der Waals surface area (Å²) in [6.07, 6.45) is 0. The first-order chi connectivity index (χ1) is 31.2. The van der Waals surface area contributed by atoms with Crippen LogP contribution in [0.5, 0.6) is 0 Å². The standard InChI is InChI=1S/C60H41N3/c1-6-16-42(17-7-1)44-26-34-57-53(38-44)55-40-46(28-36-58(55)62(57)50-24-14-5-15-25-50)47-29-37-60-56(41-47)54-39-45(43-18-8-2-9-19-43)27-35-59(54)63(60)52-32-30-51(31-33-52)61(48-20-10-3-11-21-48)49-22-12-4-13-23-49/h1-41H. The van der Waals surface area contributed by atoms with Gasteiger partial charge in [-0.3, -0.25) is 0 Å². The molecule has 0 bridgehead atoms. The Morgan fingerprint density at radius 2 is 0.508 bits per heavy atom. The molecule has 0 aliphatic carbocycles. The molecule has 0 unspecified atom stereocenters. The van der Waals surface area contributed by atoms with Crippen molar-refractivity contribution in [2.75, 3.05) is 4.90 Å². The Kier molecular flexibility index (Phi) is 8.83. The van der Waals surface area contributed by atoms with Gasteiger partial charge >= 0.3 is 0 Å². The summed E-state index contributed by atoms with van der Waals surface area (Å²) in [6, 6.07) is 90.1. The second-order valence-corrected chi connectivity index (χ2v) is 16.2. The van der Waals surface area contributed by atoms with E-state index in [-0.39, 0.29) is 0 Å². The lowest BCUT2D eigenvalue weighted by molar-refractivity contribution is 1.17. The maximum Gasteiger partial charge on any atom is 0.0541 e. The predicted molar refractivity (Wildman–Crippen MR) is 266 cm³/mol. The first-order valence-corrected chi connectivity index (χ1v) is 21.6. The first kappa shape index (κ1) is 36.5. The van der Waals surface area contributed by atoms with Crippen LogP contribution in [0.4, 0.5) is 17.1 Å². The maximum absolute atomic E-state index is 2.42. The molecular formula is C60H41N3. The molecule has 2 aromatic heterocycles. The highest BCUT2D eigenvalue weighted by Gasteiger charge is 2.19. The summed E-state index contributed by atoms with van der Waals surface area (Å²) >= 11 is 0. The summed E-state index contributed by atoms with van der Waals surface area (Å²) in [5.74, 6) is 0. The molecule has 296 valence electrons. The number of aromatic nitrogens is 2. The zero-order chi connectivity index (χ0) is 41.7. The Morgan fingerprint density at radius 3 is 0.873 bits per heavy atom. The molecule has 0 spiro atoms. The van der Waals surface area contributed by atoms with Crippen LogP contribution in [-0.4, -0.2) is 9.13 Å². The minimum atomic E-state index is 1.10. The molecule has 10 aromatic carbocycles. The van der Waals surface area contributed by atoms with Gasteiger partial charge in [-0.05, 0) is 143 Å². The quantitative estimate of drug-likeness (QED) is 0.149. The topological polar surface area (TPSA) is 13.1 Å². The smallest absolute Gasteiger partial charge is 0.0541 e. The number of benzene rings is 10. The monoisotopic (exact) mass is 803 g/mol. The van der Waals surface area contributed by atoms with Gasteiger partial charge in [-0.1, -0.05) is 140 Å². The van der Waals surface area contributed by atoms with Crippen molar-refractivity contribution in [3.8, 4) is 44.8 Å². The van der Waals surface area contributed by atoms with E-state index in [1.165, 1.54) is 77.0 Å². The average molecular weight is 804 g/mol. The van der Waals surface area contributed by atoms with Gasteiger partial charge < -0.3 is 14.0 Å². The number of anilines is 3. The zero-order valence-corrected chi connectivity index (χ0v) is 34.5. The van der Waals surface area contributed by atoms with Gasteiger partial charge in [0.1, 0.15) is 0 Å². The molecule has 63 heavy (non-hydrogen) atoms. The van der Waals surface area contributed by atoms with E-state index < -0.39 is 0 Å². The molecule has 0 radical (unpaired) electrons. The number of nitrogens with zero attached hydrogens (tertiary/aromatic N) is 3. The summed E-state index contributed by atoms with van der Waals surface area (Å²) in [5.41, 5.74) is 17.6. The summed E-state index contributed by atoms with van der Waals surface area (Å²) < 4.78 is 4.82. The van der Waals surface area contributed by atoms with Crippen LogP contribution in [0.15, 0.2) is 249 Å². The average Bonchev–Trinajstić information content (AvgIpc) is 3.87. The highest BCUT2D eigenvalue weighted by Crippen LogP contribution is 2.41. The van der Waals surface area contributed by atoms with E-state index in [0.717, 1.165) is 28.4 Å². The fourth-order valence-electron chi connectivity index (χ4n) is 9.51. The molecule has 0 saturated carbocycles. The predicted octanol–water partition coefficient (Wildman–Crippen LogP) is 16.4. The van der Waals surface area contributed by atoms with Gasteiger partial charge in [0.2, 0.25) is 0 Å². The summed E-state index contributed by atoms with van der Waals surface area (Å²) in [6.45, 7) is 0. The number of hydrogen-bond acceptors (Lipinski definition) is 1. The van der Waals surface area contributed by atoms with Crippen molar-refractivity contribution in [3.05, 3.63) is 249 Å². The van der Waals surface area contributed by atoms with Crippen LogP contribution in [0.25, 0.3) is 88.4 Å². The van der Waals surface area contributed by atoms with Crippen LogP contribution in [0.2, 0.25) is 0 Å². The van der Waals surface area contributed by atoms with Gasteiger partial charge in [0.25, 0.3) is 0 Å². The second-order valence-electron chi connectivity index (χ2n) is 16.2. The third-order valence-corrected chi connectivity index (χ3v) is 12.5. The Morgan fingerprint density at radius 1 is 0.222 bits per heavy atom. The SMILES string of the molecule is c1ccc(-c2ccc3c(c2)c2cc(-c4ccc5c(c4)c4cc(-c6ccccc6)ccc4n5-c4ccc(N(c5ccccc5)c5ccccc5)cc4)ccc2n3-c2ccccc2)cc1. The van der Waals surface area contributed by atoms with Gasteiger partial charge in [0.05, 0.1) is 22.1 Å². The molecule has 3 nitrogen and oxygen atoms in total. The van der Waals surface area contributed by atoms with Crippen molar-refractivity contribution in [3.63, 3.8) is 0 Å². The Bertz CT molecular complexity index is 3530. The van der Waals surface area contributed by atoms with Crippen molar-refractivity contribution >= 4 is 60.7 Å². The Labute approximate surface area is 366 Å². The van der Waals surface area contributed by atoms with Crippen molar-refractivity contribution < 1.29 is 0 Å². The number of para-hydroxylation sites is 3. The van der Waals surface area contributed by atoms with Crippen LogP contribution in [0.3, 0.4) is 0 Å². The molecule has 0 aliphatic rings. The molecule has 0 fully saturated rings. The maximum atomic E-state index is 2.42. The zero-order valence-electron chi connectivity index (χ0n) is 34.5. The fourth-order valence-corrected chi connectivity index (χ4v) is 9.51. The molecule has 0 atom stereocenters. The molecule has 12 rings (SSSR count). The van der Waals surface area contributed by atoms with Gasteiger partial charge in [0.15, 0.2) is 0 Å². The fraction of sp³-hybridized carbons (Fsp3) is 0. The Balaban J connectivity index is 1.03. The van der Waals surface area contributed by atoms with Crippen molar-refractivity contribution in [1.29, 1.82) is 0 Å². The molecule has 0 saturated heterocycles. The Hall–Kier alpha value is -8.40. The van der Waals surface area contributed by atoms with Crippen LogP contribution >= 0.6 is 0 Å². The lowest BCUT2D eigenvalue weighted by atomic mass is 9.98. The summed E-state index contributed by atoms with van der Waals surface area (Å²) in [5, 5.41) is 4.92. The van der Waals surface area contributed by atoms with Gasteiger partial charge in [-0.15, -0.1) is 0 Å².